The minimum atomic E-state index is -0.690. The first-order valence-electron chi connectivity index (χ1n) is 6.22. The lowest BCUT2D eigenvalue weighted by Crippen LogP contribution is -2.35. The number of esters is 2. The van der Waals surface area contributed by atoms with Gasteiger partial charge in [0.25, 0.3) is 0 Å². The van der Waals surface area contributed by atoms with Crippen molar-refractivity contribution in [2.75, 3.05) is 0 Å². The van der Waals surface area contributed by atoms with Crippen LogP contribution in [0.2, 0.25) is 0 Å². The van der Waals surface area contributed by atoms with E-state index in [1.807, 2.05) is 0 Å². The quantitative estimate of drug-likeness (QED) is 0.385. The van der Waals surface area contributed by atoms with Gasteiger partial charge in [-0.25, -0.2) is 0 Å². The molecule has 112 valence electrons. The zero-order valence-corrected chi connectivity index (χ0v) is 12.6. The van der Waals surface area contributed by atoms with Gasteiger partial charge in [0.05, 0.1) is 22.0 Å². The van der Waals surface area contributed by atoms with Crippen molar-refractivity contribution in [1.29, 1.82) is 0 Å². The second-order valence-corrected chi connectivity index (χ2v) is 7.05. The van der Waals surface area contributed by atoms with E-state index in [1.54, 1.807) is 27.7 Å². The number of hydrogen-bond donors (Lipinski definition) is 0. The molecule has 0 bridgehead atoms. The van der Waals surface area contributed by atoms with Crippen molar-refractivity contribution < 1.29 is 19.1 Å². The Morgan fingerprint density at radius 3 is 0.947 bits per heavy atom. The molecular formula is C15H28O4. The molecule has 0 spiro atoms. The second kappa shape index (κ2) is 4.58. The van der Waals surface area contributed by atoms with Crippen LogP contribution >= 0.6 is 0 Å². The molecule has 4 heteroatoms. The predicted octanol–water partition coefficient (Wildman–Crippen LogP) is 3.33. The van der Waals surface area contributed by atoms with Gasteiger partial charge in [0.15, 0.2) is 0 Å². The van der Waals surface area contributed by atoms with Gasteiger partial charge in [-0.1, -0.05) is 7.43 Å². The van der Waals surface area contributed by atoms with Crippen LogP contribution < -0.4 is 0 Å². The number of carbonyl (C=O) groups excluding carboxylic acids is 2. The first-order valence-corrected chi connectivity index (χ1v) is 6.22. The zero-order chi connectivity index (χ0) is 14.6. The van der Waals surface area contributed by atoms with Crippen molar-refractivity contribution in [2.45, 2.75) is 74.0 Å². The van der Waals surface area contributed by atoms with Crippen LogP contribution in [0, 0.1) is 10.8 Å². The zero-order valence-electron chi connectivity index (χ0n) is 12.6. The van der Waals surface area contributed by atoms with Crippen LogP contribution in [-0.4, -0.2) is 23.1 Å². The van der Waals surface area contributed by atoms with Crippen molar-refractivity contribution in [3.8, 4) is 0 Å². The number of cyclic esters (lactones) is 2. The lowest BCUT2D eigenvalue weighted by atomic mass is 9.70. The molecule has 4 nitrogen and oxygen atoms in total. The van der Waals surface area contributed by atoms with Crippen LogP contribution in [0.4, 0.5) is 0 Å². The van der Waals surface area contributed by atoms with E-state index in [0.717, 1.165) is 0 Å². The minimum Gasteiger partial charge on any atom is -0.392 e. The molecule has 0 atom stereocenters. The summed E-state index contributed by atoms with van der Waals surface area (Å²) >= 11 is 0. The van der Waals surface area contributed by atoms with Crippen LogP contribution in [0.25, 0.3) is 0 Å². The highest BCUT2D eigenvalue weighted by molar-refractivity contribution is 6.00. The lowest BCUT2D eigenvalue weighted by molar-refractivity contribution is -0.155. The Morgan fingerprint density at radius 2 is 0.895 bits per heavy atom. The fraction of sp³-hybridized carbons (Fsp3) is 0.867. The van der Waals surface area contributed by atoms with Gasteiger partial charge in [-0.15, -0.1) is 0 Å². The van der Waals surface area contributed by atoms with E-state index in [-0.39, 0.29) is 18.6 Å². The normalized spacial score (nSPS) is 27.6. The lowest BCUT2D eigenvalue weighted by Gasteiger charge is -2.26. The number of carbonyl (C=O) groups is 2. The van der Waals surface area contributed by atoms with Crippen LogP contribution in [0.3, 0.4) is 0 Å². The molecule has 2 fully saturated rings. The van der Waals surface area contributed by atoms with Crippen molar-refractivity contribution >= 4 is 11.9 Å². The monoisotopic (exact) mass is 272 g/mol. The molecule has 2 saturated heterocycles. The van der Waals surface area contributed by atoms with E-state index in [9.17, 15) is 9.59 Å². The maximum absolute atomic E-state index is 11.1. The standard InChI is InChI=1S/C8H12O3.C6H12O.CH4/c1-7(2)5(9)11-6(10)8(7,3)4;1-5(2)6(3,4)7-5;/h1-4H3;1-4H3;1H4. The highest BCUT2D eigenvalue weighted by Gasteiger charge is 2.57. The molecule has 0 aliphatic carbocycles. The molecule has 0 aromatic carbocycles. The van der Waals surface area contributed by atoms with Gasteiger partial charge in [-0.2, -0.15) is 0 Å². The molecule has 0 radical (unpaired) electrons. The number of rotatable bonds is 0. The van der Waals surface area contributed by atoms with E-state index >= 15 is 0 Å². The van der Waals surface area contributed by atoms with Crippen LogP contribution in [-0.2, 0) is 19.1 Å². The topological polar surface area (TPSA) is 55.9 Å². The summed E-state index contributed by atoms with van der Waals surface area (Å²) in [4.78, 5) is 22.2. The Balaban J connectivity index is 0.000000352. The van der Waals surface area contributed by atoms with Crippen LogP contribution in [0.1, 0.15) is 62.8 Å². The smallest absolute Gasteiger partial charge is 0.320 e. The highest BCUT2D eigenvalue weighted by Crippen LogP contribution is 2.46. The molecule has 0 aromatic rings. The molecule has 19 heavy (non-hydrogen) atoms. The predicted molar refractivity (Wildman–Crippen MR) is 74.6 cm³/mol. The Labute approximate surface area is 116 Å². The SMILES string of the molecule is C.CC1(C)C(=O)OC(=O)C1(C)C.CC1(C)OC1(C)C. The summed E-state index contributed by atoms with van der Waals surface area (Å²) in [6.45, 7) is 15.3. The van der Waals surface area contributed by atoms with Gasteiger partial charge in [-0.3, -0.25) is 9.59 Å². The van der Waals surface area contributed by atoms with Gasteiger partial charge in [0.1, 0.15) is 0 Å². The summed E-state index contributed by atoms with van der Waals surface area (Å²) in [5, 5.41) is 0. The summed E-state index contributed by atoms with van der Waals surface area (Å²) in [5.74, 6) is -0.847. The third kappa shape index (κ3) is 2.83. The second-order valence-electron chi connectivity index (χ2n) is 7.05. The number of epoxide rings is 1. The summed E-state index contributed by atoms with van der Waals surface area (Å²) in [5.41, 5.74) is -1.09. The summed E-state index contributed by atoms with van der Waals surface area (Å²) in [6, 6.07) is 0. The van der Waals surface area contributed by atoms with Gasteiger partial charge in [0, 0.05) is 0 Å². The molecule has 2 rings (SSSR count). The van der Waals surface area contributed by atoms with E-state index in [1.165, 1.54) is 0 Å². The van der Waals surface area contributed by atoms with Crippen molar-refractivity contribution in [3.63, 3.8) is 0 Å². The molecule has 2 aliphatic rings. The number of ether oxygens (including phenoxy) is 2. The average molecular weight is 272 g/mol. The summed E-state index contributed by atoms with van der Waals surface area (Å²) in [6.07, 6.45) is 0. The van der Waals surface area contributed by atoms with Crippen LogP contribution in [0.5, 0.6) is 0 Å². The maximum atomic E-state index is 11.1. The van der Waals surface area contributed by atoms with E-state index in [0.29, 0.717) is 0 Å². The van der Waals surface area contributed by atoms with Crippen LogP contribution in [0.15, 0.2) is 0 Å². The van der Waals surface area contributed by atoms with Crippen molar-refractivity contribution in [3.05, 3.63) is 0 Å². The fourth-order valence-electron chi connectivity index (χ4n) is 1.46. The summed E-state index contributed by atoms with van der Waals surface area (Å²) < 4.78 is 9.81. The third-order valence-electron chi connectivity index (χ3n) is 4.69. The van der Waals surface area contributed by atoms with Crippen molar-refractivity contribution in [1.82, 2.24) is 0 Å². The van der Waals surface area contributed by atoms with E-state index in [2.05, 4.69) is 32.4 Å². The van der Waals surface area contributed by atoms with Crippen molar-refractivity contribution in [2.24, 2.45) is 10.8 Å². The van der Waals surface area contributed by atoms with Gasteiger partial charge < -0.3 is 9.47 Å². The Bertz CT molecular complexity index is 353. The Hall–Kier alpha value is -0.900. The summed E-state index contributed by atoms with van der Waals surface area (Å²) in [7, 11) is 0. The number of hydrogen-bond acceptors (Lipinski definition) is 4. The van der Waals surface area contributed by atoms with Gasteiger partial charge in [0.2, 0.25) is 0 Å². The molecule has 0 amide bonds. The molecule has 0 N–H and O–H groups in total. The van der Waals surface area contributed by atoms with Gasteiger partial charge in [-0.05, 0) is 55.4 Å². The highest BCUT2D eigenvalue weighted by atomic mass is 16.6. The molecule has 0 unspecified atom stereocenters. The minimum absolute atomic E-state index is 0. The first-order chi connectivity index (χ1) is 7.76. The molecule has 0 aromatic heterocycles. The van der Waals surface area contributed by atoms with E-state index in [4.69, 9.17) is 4.74 Å². The third-order valence-corrected chi connectivity index (χ3v) is 4.69. The average Bonchev–Trinajstić information content (AvgIpc) is 2.56. The maximum Gasteiger partial charge on any atom is 0.320 e. The molecule has 2 aliphatic heterocycles. The Morgan fingerprint density at radius 1 is 0.684 bits per heavy atom. The van der Waals surface area contributed by atoms with E-state index < -0.39 is 22.8 Å². The molecular weight excluding hydrogens is 244 g/mol. The Kier molecular flexibility index (Phi) is 4.37. The fourth-order valence-corrected chi connectivity index (χ4v) is 1.46. The van der Waals surface area contributed by atoms with Gasteiger partial charge >= 0.3 is 11.9 Å². The molecule has 2 heterocycles. The largest absolute Gasteiger partial charge is 0.392 e. The molecule has 0 saturated carbocycles. The first kappa shape index (κ1) is 18.1.